The maximum absolute atomic E-state index is 13.4. The second-order valence-corrected chi connectivity index (χ2v) is 38.5. The molecule has 18 rings (SSSR count). The van der Waals surface area contributed by atoms with Gasteiger partial charge in [-0.15, -0.1) is 0 Å². The summed E-state index contributed by atoms with van der Waals surface area (Å²) in [7, 11) is 0. The van der Waals surface area contributed by atoms with Gasteiger partial charge in [0.15, 0.2) is 0 Å². The number of hydrogen-bond donors (Lipinski definition) is 6. The highest BCUT2D eigenvalue weighted by Gasteiger charge is 2.62. The van der Waals surface area contributed by atoms with E-state index >= 15 is 0 Å². The molecule has 35 heteroatoms. The fourth-order valence-electron chi connectivity index (χ4n) is 13.5. The predicted octanol–water partition coefficient (Wildman–Crippen LogP) is 25.7. The smallest absolute Gasteiger partial charge is 0.343 e. The van der Waals surface area contributed by atoms with E-state index in [4.69, 9.17) is 5.73 Å². The van der Waals surface area contributed by atoms with Gasteiger partial charge < -0.3 is 31.7 Å². The van der Waals surface area contributed by atoms with Crippen LogP contribution in [0.5, 0.6) is 0 Å². The number of halogens is 11. The number of rotatable bonds is 13. The number of carbonyl (C=O) groups is 10. The minimum Gasteiger partial charge on any atom is -0.399 e. The largest absolute Gasteiger partial charge is 0.399 e. The van der Waals surface area contributed by atoms with E-state index < -0.39 is 70.8 Å². The molecule has 14 aromatic rings. The zero-order chi connectivity index (χ0) is 94.5. The third kappa shape index (κ3) is 22.1. The first-order valence-corrected chi connectivity index (χ1v) is 47.7. The second-order valence-electron chi connectivity index (χ2n) is 28.4. The number of nitrogens with two attached hydrogens (primary N) is 1. The molecule has 4 fully saturated rings. The SMILES string of the molecule is Nc1ccc(Br)cc1.O=C(Nc1ccc(Br)cc1)Nc1ccc(Br)cc1.O=C1C(=O)N(c2ccc(Br)cc2)C(=O)N1c1ccc(Br)cc1.O=C1N(c2ccc(Br)cc2)C(=O)C(O)(c2ccccc2)N1c1ccc(Br)cc1.O=C1N(c2ccc(Br)cc2)C(=O)[C@@](O)(c2ccccc2)N1c1ccc(Br)cc1.O=C1N(c2ccc(Br)cc2)C(=O)[C@](O)(c2ccccc2)N1c1ccc(Br)cc1. The zero-order valence-corrected chi connectivity index (χ0v) is 85.2. The number of nitrogens with zero attached hydrogens (tertiary/aromatic N) is 8. The lowest BCUT2D eigenvalue weighted by atomic mass is 10.0. The molecule has 664 valence electrons. The highest BCUT2D eigenvalue weighted by atomic mass is 79.9. The Balaban J connectivity index is 0.000000138. The summed E-state index contributed by atoms with van der Waals surface area (Å²) in [6.45, 7) is 0. The number of amides is 15. The number of benzene rings is 14. The third-order valence-corrected chi connectivity index (χ3v) is 25.7. The predicted molar refractivity (Wildman–Crippen MR) is 550 cm³/mol. The summed E-state index contributed by atoms with van der Waals surface area (Å²) >= 11 is 36.7. The van der Waals surface area contributed by atoms with Gasteiger partial charge in [0.25, 0.3) is 34.9 Å². The highest BCUT2D eigenvalue weighted by molar-refractivity contribution is 9.12. The molecule has 0 radical (unpaired) electrons. The van der Waals surface area contributed by atoms with Gasteiger partial charge in [-0.2, -0.15) is 0 Å². The molecule has 4 aliphatic rings. The molecule has 15 amide bonds. The van der Waals surface area contributed by atoms with Gasteiger partial charge in [-0.1, -0.05) is 266 Å². The van der Waals surface area contributed by atoms with Crippen molar-refractivity contribution in [3.8, 4) is 0 Å². The molecule has 0 aromatic heterocycles. The average Bonchev–Trinajstić information content (AvgIpc) is 1.58. The van der Waals surface area contributed by atoms with Crippen molar-refractivity contribution >= 4 is 297 Å². The number of aliphatic hydroxyl groups is 3. The van der Waals surface area contributed by atoms with Gasteiger partial charge in [0.2, 0.25) is 0 Å². The fraction of sp³-hybridized carbons (Fsp3) is 0.0309. The normalized spacial score (nSPS) is 16.7. The molecule has 0 saturated carbocycles. The molecule has 132 heavy (non-hydrogen) atoms. The quantitative estimate of drug-likeness (QED) is 0.0355. The Morgan fingerprint density at radius 3 is 0.598 bits per heavy atom. The van der Waals surface area contributed by atoms with Crippen LogP contribution in [0.4, 0.5) is 86.5 Å². The number of anilines is 11. The van der Waals surface area contributed by atoms with Crippen LogP contribution in [0.25, 0.3) is 0 Å². The number of urea groups is 5. The first-order chi connectivity index (χ1) is 63.2. The molecule has 24 nitrogen and oxygen atoms in total. The number of nitrogens with one attached hydrogen (secondary N) is 2. The average molecular weight is 2470 g/mol. The number of imide groups is 5. The summed E-state index contributed by atoms with van der Waals surface area (Å²) in [6, 6.07) is 98.9. The van der Waals surface area contributed by atoms with E-state index in [1.54, 1.807) is 285 Å². The van der Waals surface area contributed by atoms with E-state index in [0.29, 0.717) is 62.2 Å². The Morgan fingerprint density at radius 1 is 0.227 bits per heavy atom. The first-order valence-electron chi connectivity index (χ1n) is 39.0. The van der Waals surface area contributed by atoms with Crippen LogP contribution >= 0.6 is 175 Å². The van der Waals surface area contributed by atoms with E-state index in [1.165, 1.54) is 0 Å². The zero-order valence-electron chi connectivity index (χ0n) is 67.8. The Hall–Kier alpha value is -11.3. The van der Waals surface area contributed by atoms with Crippen molar-refractivity contribution < 1.29 is 63.3 Å². The summed E-state index contributed by atoms with van der Waals surface area (Å²) in [5.74, 6) is -3.91. The Morgan fingerprint density at radius 2 is 0.402 bits per heavy atom. The second kappa shape index (κ2) is 43.6. The Kier molecular flexibility index (Phi) is 32.5. The molecule has 0 spiro atoms. The summed E-state index contributed by atoms with van der Waals surface area (Å²) in [5.41, 5.74) is 5.26. The van der Waals surface area contributed by atoms with Crippen molar-refractivity contribution in [1.82, 2.24) is 0 Å². The van der Waals surface area contributed by atoms with E-state index in [2.05, 4.69) is 186 Å². The van der Waals surface area contributed by atoms with Gasteiger partial charge >= 0.3 is 42.0 Å². The van der Waals surface area contributed by atoms with Gasteiger partial charge in [0.05, 0.1) is 28.4 Å². The van der Waals surface area contributed by atoms with Crippen LogP contribution < -0.4 is 55.6 Å². The van der Waals surface area contributed by atoms with Crippen molar-refractivity contribution in [3.05, 3.63) is 424 Å². The standard InChI is InChI=1S/3C21H14Br2N2O3.C15H8Br2N2O3.C13H10Br2N2O.C6H6BrN/c3*22-15-6-10-17(11-7-15)24-19(26)21(28,14-4-2-1-3-5-14)25(20(24)27)18-12-8-16(23)9-13-18;16-9-1-5-11(6-2-9)18-13(20)14(21)19(15(18)22)12-7-3-10(17)4-8-12;14-9-1-5-11(6-2-9)16-13(18)17-12-7-3-10(15)4-8-12;7-5-1-3-6(8)4-2-5/h3*1-13,28H;1-8H;1-8H,(H2,16,17,18);1-4H,8H2/t2*21-;;;;/m10..../s1. The fourth-order valence-corrected chi connectivity index (χ4v) is 16.4. The lowest BCUT2D eigenvalue weighted by Gasteiger charge is -2.30. The molecule has 4 heterocycles. The van der Waals surface area contributed by atoms with Crippen LogP contribution in [-0.2, 0) is 41.1 Å². The number of carbonyl (C=O) groups excluding carboxylic acids is 10. The van der Waals surface area contributed by atoms with Gasteiger partial charge in [-0.3, -0.25) is 38.7 Å². The lowest BCUT2D eigenvalue weighted by Crippen LogP contribution is -2.47. The Bertz CT molecular complexity index is 6030. The van der Waals surface area contributed by atoms with Crippen molar-refractivity contribution in [2.75, 3.05) is 55.6 Å². The molecule has 0 aliphatic carbocycles. The first kappa shape index (κ1) is 98.2. The molecular weight excluding hydrogens is 2410 g/mol. The minimum absolute atomic E-state index is 0.264. The van der Waals surface area contributed by atoms with E-state index in [1.807, 2.05) is 72.8 Å². The minimum atomic E-state index is -2.15. The number of hydrogen-bond acceptors (Lipinski definition) is 14. The van der Waals surface area contributed by atoms with Crippen LogP contribution in [0.15, 0.2) is 407 Å². The van der Waals surface area contributed by atoms with Crippen molar-refractivity contribution in [3.63, 3.8) is 0 Å². The maximum Gasteiger partial charge on any atom is 0.343 e. The van der Waals surface area contributed by atoms with E-state index in [-0.39, 0.29) is 6.03 Å². The molecule has 1 unspecified atom stereocenters. The van der Waals surface area contributed by atoms with Crippen molar-refractivity contribution in [2.24, 2.45) is 0 Å². The summed E-state index contributed by atoms with van der Waals surface area (Å²) in [4.78, 5) is 137. The van der Waals surface area contributed by atoms with Crippen LogP contribution in [0.3, 0.4) is 0 Å². The maximum atomic E-state index is 13.4. The highest BCUT2D eigenvalue weighted by Crippen LogP contribution is 2.46. The summed E-state index contributed by atoms with van der Waals surface area (Å²) < 4.78 is 9.55. The molecule has 7 N–H and O–H groups in total. The molecule has 4 saturated heterocycles. The summed E-state index contributed by atoms with van der Waals surface area (Å²) in [6.07, 6.45) is 0. The molecular formula is C97H66Br11N11O13. The van der Waals surface area contributed by atoms with E-state index in [9.17, 15) is 63.3 Å². The molecule has 3 atom stereocenters. The monoisotopic (exact) mass is 2460 g/mol. The molecule has 14 aromatic carbocycles. The van der Waals surface area contributed by atoms with Gasteiger partial charge in [0.1, 0.15) is 0 Å². The lowest BCUT2D eigenvalue weighted by molar-refractivity contribution is -0.134. The van der Waals surface area contributed by atoms with Gasteiger partial charge in [-0.05, 0) is 267 Å². The van der Waals surface area contributed by atoms with Crippen LogP contribution in [0.2, 0.25) is 0 Å². The topological polar surface area (TPSA) is 307 Å². The molecule has 0 bridgehead atoms. The summed E-state index contributed by atoms with van der Waals surface area (Å²) in [5, 5.41) is 40.2. The molecule has 4 aliphatic heterocycles. The van der Waals surface area contributed by atoms with Crippen molar-refractivity contribution in [1.29, 1.82) is 0 Å². The van der Waals surface area contributed by atoms with Gasteiger partial charge in [-0.25, -0.2) is 48.5 Å². The Labute approximate surface area is 848 Å². The van der Waals surface area contributed by atoms with E-state index in [0.717, 1.165) is 105 Å². The van der Waals surface area contributed by atoms with Gasteiger partial charge in [0, 0.05) is 100 Å². The third-order valence-electron chi connectivity index (χ3n) is 19.9. The van der Waals surface area contributed by atoms with Crippen molar-refractivity contribution in [2.45, 2.75) is 17.2 Å². The van der Waals surface area contributed by atoms with Crippen LogP contribution in [0, 0.1) is 0 Å². The van der Waals surface area contributed by atoms with Crippen LogP contribution in [-0.4, -0.2) is 75.0 Å². The number of nitrogen functional groups attached to an aromatic ring is 1. The van der Waals surface area contributed by atoms with Crippen LogP contribution in [0.1, 0.15) is 16.7 Å².